The average Bonchev–Trinajstić information content (AvgIpc) is 2.33. The van der Waals surface area contributed by atoms with Gasteiger partial charge in [0.15, 0.2) is 0 Å². The van der Waals surface area contributed by atoms with Gasteiger partial charge in [-0.3, -0.25) is 0 Å². The predicted molar refractivity (Wildman–Crippen MR) is 51.1 cm³/mol. The van der Waals surface area contributed by atoms with E-state index in [0.29, 0.717) is 5.92 Å². The minimum Gasteiger partial charge on any atom is -0.388 e. The lowest BCUT2D eigenvalue weighted by Crippen LogP contribution is -2.47. The second kappa shape index (κ2) is 3.75. The van der Waals surface area contributed by atoms with Gasteiger partial charge in [0, 0.05) is 6.04 Å². The number of likely N-dealkylation sites (N-methyl/N-ethyl adjacent to an activating group) is 1. The fraction of sp³-hybridized carbons (Fsp3) is 1.00. The van der Waals surface area contributed by atoms with Gasteiger partial charge in [0.05, 0.1) is 5.60 Å². The molecule has 0 amide bonds. The van der Waals surface area contributed by atoms with Crippen LogP contribution in [0.15, 0.2) is 0 Å². The summed E-state index contributed by atoms with van der Waals surface area (Å²) in [6.07, 6.45) is 3.09. The zero-order chi connectivity index (χ0) is 9.19. The summed E-state index contributed by atoms with van der Waals surface area (Å²) in [6.45, 7) is 7.33. The van der Waals surface area contributed by atoms with Crippen LogP contribution >= 0.6 is 0 Å². The maximum atomic E-state index is 10.2. The predicted octanol–water partition coefficient (Wildman–Crippen LogP) is 1.54. The van der Waals surface area contributed by atoms with E-state index in [1.165, 1.54) is 6.42 Å². The molecule has 72 valence electrons. The highest BCUT2D eigenvalue weighted by molar-refractivity contribution is 4.94. The molecule has 0 aromatic heterocycles. The summed E-state index contributed by atoms with van der Waals surface area (Å²) in [4.78, 5) is 0. The Hall–Kier alpha value is -0.0800. The average molecular weight is 171 g/mol. The van der Waals surface area contributed by atoms with Crippen LogP contribution < -0.4 is 5.32 Å². The largest absolute Gasteiger partial charge is 0.388 e. The molecule has 3 unspecified atom stereocenters. The Morgan fingerprint density at radius 1 is 1.67 bits per heavy atom. The molecule has 3 atom stereocenters. The molecule has 2 N–H and O–H groups in total. The van der Waals surface area contributed by atoms with Crippen LogP contribution in [0.2, 0.25) is 0 Å². The smallest absolute Gasteiger partial charge is 0.0799 e. The minimum absolute atomic E-state index is 0.243. The van der Waals surface area contributed by atoms with Crippen molar-refractivity contribution in [2.75, 3.05) is 6.54 Å². The third kappa shape index (κ3) is 1.99. The van der Waals surface area contributed by atoms with Gasteiger partial charge in [-0.25, -0.2) is 0 Å². The van der Waals surface area contributed by atoms with Gasteiger partial charge in [-0.2, -0.15) is 0 Å². The Morgan fingerprint density at radius 2 is 2.33 bits per heavy atom. The van der Waals surface area contributed by atoms with Gasteiger partial charge >= 0.3 is 0 Å². The van der Waals surface area contributed by atoms with Gasteiger partial charge in [0.25, 0.3) is 0 Å². The topological polar surface area (TPSA) is 32.3 Å². The second-order valence-corrected chi connectivity index (χ2v) is 4.23. The van der Waals surface area contributed by atoms with Crippen LogP contribution in [0.4, 0.5) is 0 Å². The number of hydrogen-bond donors (Lipinski definition) is 2. The molecule has 1 rings (SSSR count). The third-order valence-electron chi connectivity index (χ3n) is 3.09. The molecule has 1 aliphatic rings. The number of rotatable bonds is 3. The van der Waals surface area contributed by atoms with Crippen LogP contribution in [-0.4, -0.2) is 23.3 Å². The van der Waals surface area contributed by atoms with Crippen molar-refractivity contribution in [2.45, 2.75) is 51.7 Å². The molecular weight excluding hydrogens is 150 g/mol. The molecule has 0 aromatic carbocycles. The van der Waals surface area contributed by atoms with Gasteiger partial charge < -0.3 is 10.4 Å². The molecule has 2 nitrogen and oxygen atoms in total. The number of aliphatic hydroxyl groups is 1. The Labute approximate surface area is 75.4 Å². The fourth-order valence-electron chi connectivity index (χ4n) is 2.19. The highest BCUT2D eigenvalue weighted by Crippen LogP contribution is 2.36. The van der Waals surface area contributed by atoms with Crippen molar-refractivity contribution >= 4 is 0 Å². The van der Waals surface area contributed by atoms with Crippen LogP contribution in [0.1, 0.15) is 40.0 Å². The van der Waals surface area contributed by atoms with Crippen LogP contribution in [0.5, 0.6) is 0 Å². The van der Waals surface area contributed by atoms with Gasteiger partial charge in [-0.05, 0) is 38.6 Å². The van der Waals surface area contributed by atoms with E-state index in [1.807, 2.05) is 0 Å². The normalized spacial score (nSPS) is 38.5. The molecule has 0 aliphatic heterocycles. The van der Waals surface area contributed by atoms with Crippen LogP contribution in [-0.2, 0) is 0 Å². The van der Waals surface area contributed by atoms with E-state index in [9.17, 15) is 5.11 Å². The van der Waals surface area contributed by atoms with Crippen LogP contribution in [0, 0.1) is 5.92 Å². The van der Waals surface area contributed by atoms with Gasteiger partial charge in [-0.15, -0.1) is 0 Å². The van der Waals surface area contributed by atoms with Crippen molar-refractivity contribution in [2.24, 2.45) is 5.92 Å². The van der Waals surface area contributed by atoms with E-state index < -0.39 is 5.60 Å². The Bertz CT molecular complexity index is 149. The van der Waals surface area contributed by atoms with Crippen LogP contribution in [0.25, 0.3) is 0 Å². The van der Waals surface area contributed by atoms with Gasteiger partial charge in [0.1, 0.15) is 0 Å². The van der Waals surface area contributed by atoms with Crippen molar-refractivity contribution in [3.05, 3.63) is 0 Å². The van der Waals surface area contributed by atoms with E-state index >= 15 is 0 Å². The van der Waals surface area contributed by atoms with Gasteiger partial charge in [-0.1, -0.05) is 13.8 Å². The number of nitrogens with one attached hydrogen (secondary N) is 1. The molecule has 0 radical (unpaired) electrons. The van der Waals surface area contributed by atoms with Crippen molar-refractivity contribution in [3.8, 4) is 0 Å². The van der Waals surface area contributed by atoms with E-state index in [1.54, 1.807) is 0 Å². The first-order valence-corrected chi connectivity index (χ1v) is 5.04. The Morgan fingerprint density at radius 3 is 2.75 bits per heavy atom. The zero-order valence-corrected chi connectivity index (χ0v) is 8.43. The molecule has 0 spiro atoms. The summed E-state index contributed by atoms with van der Waals surface area (Å²) in [5.74, 6) is 0.691. The lowest BCUT2D eigenvalue weighted by Gasteiger charge is -2.30. The van der Waals surface area contributed by atoms with Crippen molar-refractivity contribution < 1.29 is 5.11 Å². The molecule has 0 saturated heterocycles. The standard InChI is InChI=1S/C10H21NO/c1-4-11-9(3)10(12)6-5-8(2)7-10/h8-9,11-12H,4-7H2,1-3H3. The lowest BCUT2D eigenvalue weighted by atomic mass is 9.92. The fourth-order valence-corrected chi connectivity index (χ4v) is 2.19. The SMILES string of the molecule is CCNC(C)C1(O)CCC(C)C1. The highest BCUT2D eigenvalue weighted by Gasteiger charge is 2.39. The first-order chi connectivity index (χ1) is 5.58. The van der Waals surface area contributed by atoms with E-state index in [0.717, 1.165) is 19.4 Å². The quantitative estimate of drug-likeness (QED) is 0.675. The highest BCUT2D eigenvalue weighted by atomic mass is 16.3. The molecule has 12 heavy (non-hydrogen) atoms. The zero-order valence-electron chi connectivity index (χ0n) is 8.43. The number of hydrogen-bond acceptors (Lipinski definition) is 2. The second-order valence-electron chi connectivity index (χ2n) is 4.23. The summed E-state index contributed by atoms with van der Waals surface area (Å²) >= 11 is 0. The molecular formula is C10H21NO. The third-order valence-corrected chi connectivity index (χ3v) is 3.09. The first kappa shape index (κ1) is 10.0. The van der Waals surface area contributed by atoms with E-state index in [4.69, 9.17) is 0 Å². The van der Waals surface area contributed by atoms with Crippen molar-refractivity contribution in [3.63, 3.8) is 0 Å². The maximum Gasteiger partial charge on any atom is 0.0799 e. The molecule has 1 aliphatic carbocycles. The van der Waals surface area contributed by atoms with E-state index in [2.05, 4.69) is 26.1 Å². The summed E-state index contributed by atoms with van der Waals surface area (Å²) < 4.78 is 0. The summed E-state index contributed by atoms with van der Waals surface area (Å²) in [5, 5.41) is 13.5. The molecule has 2 heteroatoms. The van der Waals surface area contributed by atoms with Crippen molar-refractivity contribution in [1.29, 1.82) is 0 Å². The summed E-state index contributed by atoms with van der Waals surface area (Å²) in [7, 11) is 0. The Kier molecular flexibility index (Phi) is 3.13. The van der Waals surface area contributed by atoms with Crippen LogP contribution in [0.3, 0.4) is 0 Å². The molecule has 0 bridgehead atoms. The summed E-state index contributed by atoms with van der Waals surface area (Å²) in [6, 6.07) is 0.243. The molecule has 0 heterocycles. The molecule has 0 aromatic rings. The summed E-state index contributed by atoms with van der Waals surface area (Å²) in [5.41, 5.74) is -0.435. The molecule has 1 saturated carbocycles. The monoisotopic (exact) mass is 171 g/mol. The lowest BCUT2D eigenvalue weighted by molar-refractivity contribution is 0.0115. The minimum atomic E-state index is -0.435. The Balaban J connectivity index is 2.48. The van der Waals surface area contributed by atoms with E-state index in [-0.39, 0.29) is 6.04 Å². The van der Waals surface area contributed by atoms with Crippen molar-refractivity contribution in [1.82, 2.24) is 5.32 Å². The molecule has 1 fully saturated rings. The first-order valence-electron chi connectivity index (χ1n) is 5.04. The van der Waals surface area contributed by atoms with Gasteiger partial charge in [0.2, 0.25) is 0 Å². The maximum absolute atomic E-state index is 10.2.